The maximum Gasteiger partial charge on any atom is 0.417 e. The number of rotatable bonds is 6. The van der Waals surface area contributed by atoms with E-state index in [1.165, 1.54) is 30.0 Å². The maximum atomic E-state index is 13.6. The predicted octanol–water partition coefficient (Wildman–Crippen LogP) is 5.66. The molecule has 32 heavy (non-hydrogen) atoms. The summed E-state index contributed by atoms with van der Waals surface area (Å²) in [5.74, 6) is -0.466. The Kier molecular flexibility index (Phi) is 6.01. The summed E-state index contributed by atoms with van der Waals surface area (Å²) < 4.78 is 42.5. The fraction of sp³-hybridized carbons (Fsp3) is 0.217. The molecule has 0 saturated heterocycles. The summed E-state index contributed by atoms with van der Waals surface area (Å²) in [5, 5.41) is 8.72. The molecule has 5 nitrogen and oxygen atoms in total. The second-order valence-electron chi connectivity index (χ2n) is 7.40. The van der Waals surface area contributed by atoms with Crippen LogP contribution in [-0.4, -0.2) is 25.5 Å². The van der Waals surface area contributed by atoms with Crippen molar-refractivity contribution in [1.29, 1.82) is 0 Å². The van der Waals surface area contributed by atoms with E-state index in [9.17, 15) is 18.0 Å². The van der Waals surface area contributed by atoms with E-state index in [-0.39, 0.29) is 28.3 Å². The van der Waals surface area contributed by atoms with Crippen molar-refractivity contribution in [2.45, 2.75) is 29.9 Å². The lowest BCUT2D eigenvalue weighted by Gasteiger charge is -2.13. The van der Waals surface area contributed by atoms with Gasteiger partial charge in [0.15, 0.2) is 10.9 Å². The number of nitrogens with zero attached hydrogens (tertiary/aromatic N) is 4. The normalized spacial score (nSPS) is 12.8. The Balaban J connectivity index is 1.59. The Morgan fingerprint density at radius 1 is 1.12 bits per heavy atom. The molecule has 0 aliphatic rings. The highest BCUT2D eigenvalue weighted by Gasteiger charge is 2.34. The third kappa shape index (κ3) is 4.67. The topological polar surface area (TPSA) is 60.7 Å². The average Bonchev–Trinajstić information content (AvgIpc) is 3.16. The van der Waals surface area contributed by atoms with Crippen molar-refractivity contribution in [3.05, 3.63) is 83.3 Å². The van der Waals surface area contributed by atoms with Crippen LogP contribution in [0.4, 0.5) is 13.2 Å². The minimum absolute atomic E-state index is 0.0202. The first-order chi connectivity index (χ1) is 15.2. The number of para-hydroxylation sites is 1. The van der Waals surface area contributed by atoms with Gasteiger partial charge in [0.25, 0.3) is 0 Å². The molecule has 0 fully saturated rings. The fourth-order valence-electron chi connectivity index (χ4n) is 3.39. The Hall–Kier alpha value is -3.20. The minimum Gasteiger partial charge on any atom is -0.312 e. The number of halogens is 3. The molecule has 2 heterocycles. The van der Waals surface area contributed by atoms with Crippen molar-refractivity contribution in [2.75, 3.05) is 0 Å². The first-order valence-electron chi connectivity index (χ1n) is 9.82. The standard InChI is InChI=1S/C23H19F3N4OS/c1-14(32-22-29-27-13-30(22)2)16-7-5-6-15(10-16)11-21(31)20-12-18(23(24,25)26)17-8-3-4-9-19(17)28-20/h3-10,12-14H,11H2,1-2H3/t14-/m0/s1. The summed E-state index contributed by atoms with van der Waals surface area (Å²) in [6, 6.07) is 14.3. The maximum absolute atomic E-state index is 13.6. The summed E-state index contributed by atoms with van der Waals surface area (Å²) >= 11 is 1.53. The number of ketones is 1. The highest BCUT2D eigenvalue weighted by molar-refractivity contribution is 7.99. The van der Waals surface area contributed by atoms with Crippen molar-refractivity contribution in [3.8, 4) is 0 Å². The van der Waals surface area contributed by atoms with Crippen LogP contribution in [-0.2, 0) is 19.6 Å². The molecular formula is C23H19F3N4OS. The number of aryl methyl sites for hydroxylation is 1. The van der Waals surface area contributed by atoms with E-state index < -0.39 is 17.5 Å². The molecular weight excluding hydrogens is 437 g/mol. The zero-order valence-corrected chi connectivity index (χ0v) is 18.1. The van der Waals surface area contributed by atoms with Gasteiger partial charge in [-0.2, -0.15) is 13.2 Å². The summed E-state index contributed by atoms with van der Waals surface area (Å²) in [6.45, 7) is 2.01. The van der Waals surface area contributed by atoms with Gasteiger partial charge in [0, 0.05) is 24.1 Å². The number of aromatic nitrogens is 4. The fourth-order valence-corrected chi connectivity index (χ4v) is 4.30. The monoisotopic (exact) mass is 456 g/mol. The SMILES string of the molecule is C[C@H](Sc1nncn1C)c1cccc(CC(=O)c2cc(C(F)(F)F)c3ccccc3n2)c1. The number of carbonyl (C=O) groups excluding carboxylic acids is 1. The van der Waals surface area contributed by atoms with Crippen LogP contribution in [0, 0.1) is 0 Å². The van der Waals surface area contributed by atoms with E-state index in [1.807, 2.05) is 36.7 Å². The molecule has 0 unspecified atom stereocenters. The highest BCUT2D eigenvalue weighted by atomic mass is 32.2. The number of benzene rings is 2. The molecule has 0 aliphatic heterocycles. The third-order valence-electron chi connectivity index (χ3n) is 5.04. The largest absolute Gasteiger partial charge is 0.417 e. The summed E-state index contributed by atoms with van der Waals surface area (Å²) in [5.41, 5.74) is 0.789. The quantitative estimate of drug-likeness (QED) is 0.277. The molecule has 4 aromatic rings. The molecule has 1 atom stereocenters. The number of thioether (sulfide) groups is 1. The lowest BCUT2D eigenvalue weighted by atomic mass is 10.0. The van der Waals surface area contributed by atoms with Gasteiger partial charge >= 0.3 is 6.18 Å². The molecule has 0 N–H and O–H groups in total. The smallest absolute Gasteiger partial charge is 0.312 e. The number of hydrogen-bond donors (Lipinski definition) is 0. The Bertz CT molecular complexity index is 1290. The van der Waals surface area contributed by atoms with Crippen LogP contribution in [0.15, 0.2) is 66.1 Å². The molecule has 0 amide bonds. The van der Waals surface area contributed by atoms with Crippen LogP contribution in [0.2, 0.25) is 0 Å². The number of pyridine rings is 1. The van der Waals surface area contributed by atoms with Gasteiger partial charge in [-0.25, -0.2) is 4.98 Å². The summed E-state index contributed by atoms with van der Waals surface area (Å²) in [7, 11) is 1.86. The first-order valence-corrected chi connectivity index (χ1v) is 10.7. The zero-order valence-electron chi connectivity index (χ0n) is 17.3. The third-order valence-corrected chi connectivity index (χ3v) is 6.25. The molecule has 2 aromatic heterocycles. The van der Waals surface area contributed by atoms with Gasteiger partial charge < -0.3 is 4.57 Å². The first kappa shape index (κ1) is 22.0. The van der Waals surface area contributed by atoms with Gasteiger partial charge in [-0.3, -0.25) is 4.79 Å². The van der Waals surface area contributed by atoms with Crippen molar-refractivity contribution in [1.82, 2.24) is 19.7 Å². The minimum atomic E-state index is -4.58. The van der Waals surface area contributed by atoms with Crippen LogP contribution in [0.25, 0.3) is 10.9 Å². The lowest BCUT2D eigenvalue weighted by Crippen LogP contribution is -2.12. The summed E-state index contributed by atoms with van der Waals surface area (Å²) in [6.07, 6.45) is -3.00. The molecule has 0 bridgehead atoms. The van der Waals surface area contributed by atoms with Crippen molar-refractivity contribution < 1.29 is 18.0 Å². The zero-order chi connectivity index (χ0) is 22.9. The average molecular weight is 456 g/mol. The second-order valence-corrected chi connectivity index (χ2v) is 8.71. The Morgan fingerprint density at radius 3 is 2.62 bits per heavy atom. The van der Waals surface area contributed by atoms with Crippen LogP contribution in [0.3, 0.4) is 0 Å². The van der Waals surface area contributed by atoms with Gasteiger partial charge in [-0.05, 0) is 30.2 Å². The number of hydrogen-bond acceptors (Lipinski definition) is 5. The van der Waals surface area contributed by atoms with Crippen LogP contribution < -0.4 is 0 Å². The number of alkyl halides is 3. The van der Waals surface area contributed by atoms with Gasteiger partial charge in [0.1, 0.15) is 12.0 Å². The molecule has 2 aromatic carbocycles. The molecule has 0 spiro atoms. The molecule has 0 aliphatic carbocycles. The van der Waals surface area contributed by atoms with E-state index in [2.05, 4.69) is 15.2 Å². The van der Waals surface area contributed by atoms with Gasteiger partial charge in [0.2, 0.25) is 0 Å². The second kappa shape index (κ2) is 8.74. The van der Waals surface area contributed by atoms with E-state index in [4.69, 9.17) is 0 Å². The van der Waals surface area contributed by atoms with Crippen molar-refractivity contribution in [2.24, 2.45) is 7.05 Å². The van der Waals surface area contributed by atoms with Crippen LogP contribution in [0.1, 0.15) is 39.4 Å². The Labute approximate surface area is 186 Å². The van der Waals surface area contributed by atoms with E-state index in [0.29, 0.717) is 5.56 Å². The van der Waals surface area contributed by atoms with Gasteiger partial charge in [-0.15, -0.1) is 10.2 Å². The molecule has 164 valence electrons. The molecule has 0 radical (unpaired) electrons. The lowest BCUT2D eigenvalue weighted by molar-refractivity contribution is -0.136. The van der Waals surface area contributed by atoms with Crippen molar-refractivity contribution >= 4 is 28.4 Å². The predicted molar refractivity (Wildman–Crippen MR) is 116 cm³/mol. The molecule has 0 saturated carbocycles. The van der Waals surface area contributed by atoms with E-state index >= 15 is 0 Å². The highest BCUT2D eigenvalue weighted by Crippen LogP contribution is 2.35. The Morgan fingerprint density at radius 2 is 1.91 bits per heavy atom. The molecule has 9 heteroatoms. The number of Topliss-reactive ketones (excluding diaryl/α,β-unsaturated/α-hetero) is 1. The molecule has 4 rings (SSSR count). The number of carbonyl (C=O) groups is 1. The van der Waals surface area contributed by atoms with Gasteiger partial charge in [-0.1, -0.05) is 54.2 Å². The summed E-state index contributed by atoms with van der Waals surface area (Å²) in [4.78, 5) is 17.1. The van der Waals surface area contributed by atoms with Crippen molar-refractivity contribution in [3.63, 3.8) is 0 Å². The van der Waals surface area contributed by atoms with Gasteiger partial charge in [0.05, 0.1) is 11.1 Å². The van der Waals surface area contributed by atoms with E-state index in [1.54, 1.807) is 18.5 Å². The van der Waals surface area contributed by atoms with Crippen LogP contribution >= 0.6 is 11.8 Å². The van der Waals surface area contributed by atoms with Crippen LogP contribution in [0.5, 0.6) is 0 Å². The number of fused-ring (bicyclic) bond motifs is 1. The van der Waals surface area contributed by atoms with E-state index in [0.717, 1.165) is 16.8 Å².